The molecule has 1 fully saturated rings. The lowest BCUT2D eigenvalue weighted by Crippen LogP contribution is -2.52. The van der Waals surface area contributed by atoms with E-state index in [-0.39, 0.29) is 12.0 Å². The number of anilines is 1. The average molecular weight is 327 g/mol. The Morgan fingerprint density at radius 2 is 2.26 bits per heavy atom. The number of hydrogen-bond acceptors (Lipinski definition) is 4. The summed E-state index contributed by atoms with van der Waals surface area (Å²) in [6, 6.07) is 8.37. The number of piperazine rings is 1. The van der Waals surface area contributed by atoms with E-state index in [0.29, 0.717) is 6.42 Å². The molecule has 1 aromatic carbocycles. The number of rotatable bonds is 3. The van der Waals surface area contributed by atoms with Crippen LogP contribution in [0.2, 0.25) is 0 Å². The number of likely N-dealkylation sites (N-methyl/N-ethyl adjacent to an activating group) is 1. The van der Waals surface area contributed by atoms with Crippen molar-refractivity contribution in [3.05, 3.63) is 28.7 Å². The Labute approximate surface area is 122 Å². The molecule has 19 heavy (non-hydrogen) atoms. The summed E-state index contributed by atoms with van der Waals surface area (Å²) >= 11 is 3.50. The van der Waals surface area contributed by atoms with Crippen molar-refractivity contribution in [1.82, 2.24) is 4.90 Å². The minimum absolute atomic E-state index is 0.153. The van der Waals surface area contributed by atoms with Crippen molar-refractivity contribution in [1.29, 1.82) is 0 Å². The highest BCUT2D eigenvalue weighted by atomic mass is 79.9. The second-order valence-electron chi connectivity index (χ2n) is 4.87. The number of nitrogens with zero attached hydrogens (tertiary/aromatic N) is 2. The van der Waals surface area contributed by atoms with E-state index in [1.165, 1.54) is 7.11 Å². The topological polar surface area (TPSA) is 32.8 Å². The van der Waals surface area contributed by atoms with E-state index in [1.54, 1.807) is 0 Å². The molecule has 4 nitrogen and oxygen atoms in total. The third kappa shape index (κ3) is 3.70. The van der Waals surface area contributed by atoms with E-state index in [4.69, 9.17) is 4.74 Å². The Balaban J connectivity index is 2.17. The van der Waals surface area contributed by atoms with Crippen molar-refractivity contribution < 1.29 is 9.53 Å². The van der Waals surface area contributed by atoms with Crippen LogP contribution in [0.15, 0.2) is 28.7 Å². The lowest BCUT2D eigenvalue weighted by Gasteiger charge is -2.41. The molecule has 1 atom stereocenters. The summed E-state index contributed by atoms with van der Waals surface area (Å²) < 4.78 is 5.86. The van der Waals surface area contributed by atoms with E-state index in [2.05, 4.69) is 44.9 Å². The molecule has 0 saturated carbocycles. The van der Waals surface area contributed by atoms with Gasteiger partial charge in [-0.1, -0.05) is 22.0 Å². The number of carbonyl (C=O) groups excluding carboxylic acids is 1. The van der Waals surface area contributed by atoms with Crippen LogP contribution >= 0.6 is 15.9 Å². The van der Waals surface area contributed by atoms with Crippen molar-refractivity contribution in [2.24, 2.45) is 0 Å². The van der Waals surface area contributed by atoms with Gasteiger partial charge in [-0.05, 0) is 25.2 Å². The highest BCUT2D eigenvalue weighted by molar-refractivity contribution is 9.10. The van der Waals surface area contributed by atoms with Crippen LogP contribution in [0, 0.1) is 0 Å². The first-order valence-electron chi connectivity index (χ1n) is 6.37. The van der Waals surface area contributed by atoms with E-state index in [1.807, 2.05) is 12.1 Å². The molecule has 1 aliphatic heterocycles. The van der Waals surface area contributed by atoms with E-state index >= 15 is 0 Å². The molecular formula is C14H19BrN2O2. The average Bonchev–Trinajstić information content (AvgIpc) is 2.38. The van der Waals surface area contributed by atoms with Gasteiger partial charge in [0.15, 0.2) is 0 Å². The van der Waals surface area contributed by atoms with Gasteiger partial charge in [-0.3, -0.25) is 4.79 Å². The lowest BCUT2D eigenvalue weighted by atomic mass is 10.1. The molecule has 0 amide bonds. The van der Waals surface area contributed by atoms with Gasteiger partial charge in [0, 0.05) is 29.8 Å². The number of esters is 1. The zero-order chi connectivity index (χ0) is 13.8. The third-order valence-electron chi connectivity index (χ3n) is 3.46. The third-order valence-corrected chi connectivity index (χ3v) is 3.95. The zero-order valence-corrected chi connectivity index (χ0v) is 12.9. The summed E-state index contributed by atoms with van der Waals surface area (Å²) in [6.45, 7) is 2.81. The van der Waals surface area contributed by atoms with Gasteiger partial charge in [-0.25, -0.2) is 0 Å². The SMILES string of the molecule is COC(=O)CC1CN(C)CCN1c1cccc(Br)c1. The Bertz CT molecular complexity index is 453. The molecule has 0 spiro atoms. The summed E-state index contributed by atoms with van der Waals surface area (Å²) in [6.07, 6.45) is 0.424. The summed E-state index contributed by atoms with van der Waals surface area (Å²) in [7, 11) is 3.53. The quantitative estimate of drug-likeness (QED) is 0.797. The highest BCUT2D eigenvalue weighted by Crippen LogP contribution is 2.25. The molecule has 1 aromatic rings. The molecule has 0 aliphatic carbocycles. The maximum Gasteiger partial charge on any atom is 0.307 e. The van der Waals surface area contributed by atoms with Gasteiger partial charge in [-0.2, -0.15) is 0 Å². The van der Waals surface area contributed by atoms with Gasteiger partial charge in [0.25, 0.3) is 0 Å². The Morgan fingerprint density at radius 3 is 2.95 bits per heavy atom. The summed E-state index contributed by atoms with van der Waals surface area (Å²) in [5.41, 5.74) is 1.15. The molecule has 0 aromatic heterocycles. The number of benzene rings is 1. The van der Waals surface area contributed by atoms with Crippen LogP contribution in [0.1, 0.15) is 6.42 Å². The Hall–Kier alpha value is -1.07. The van der Waals surface area contributed by atoms with Gasteiger partial charge >= 0.3 is 5.97 Å². The van der Waals surface area contributed by atoms with Crippen LogP contribution in [0.25, 0.3) is 0 Å². The van der Waals surface area contributed by atoms with Gasteiger partial charge in [-0.15, -0.1) is 0 Å². The molecule has 0 radical (unpaired) electrons. The maximum atomic E-state index is 11.6. The van der Waals surface area contributed by atoms with Crippen molar-refractivity contribution >= 4 is 27.6 Å². The standard InChI is InChI=1S/C14H19BrN2O2/c1-16-6-7-17(12-5-3-4-11(15)8-12)13(10-16)9-14(18)19-2/h3-5,8,13H,6-7,9-10H2,1-2H3. The van der Waals surface area contributed by atoms with Crippen LogP contribution in [0.3, 0.4) is 0 Å². The van der Waals surface area contributed by atoms with Crippen molar-refractivity contribution in [3.8, 4) is 0 Å². The van der Waals surface area contributed by atoms with Crippen LogP contribution in [0.4, 0.5) is 5.69 Å². The van der Waals surface area contributed by atoms with Crippen LogP contribution in [0.5, 0.6) is 0 Å². The molecule has 1 saturated heterocycles. The number of ether oxygens (including phenoxy) is 1. The van der Waals surface area contributed by atoms with E-state index < -0.39 is 0 Å². The molecule has 0 bridgehead atoms. The van der Waals surface area contributed by atoms with Gasteiger partial charge in [0.2, 0.25) is 0 Å². The summed E-state index contributed by atoms with van der Waals surface area (Å²) in [4.78, 5) is 16.1. The number of methoxy groups -OCH3 is 1. The second kappa shape index (κ2) is 6.39. The molecule has 5 heteroatoms. The lowest BCUT2D eigenvalue weighted by molar-refractivity contribution is -0.141. The largest absolute Gasteiger partial charge is 0.469 e. The van der Waals surface area contributed by atoms with Crippen molar-refractivity contribution in [2.75, 3.05) is 38.7 Å². The fourth-order valence-electron chi connectivity index (χ4n) is 2.46. The first-order valence-corrected chi connectivity index (χ1v) is 7.17. The zero-order valence-electron chi connectivity index (χ0n) is 11.3. The number of halogens is 1. The predicted octanol–water partition coefficient (Wildman–Crippen LogP) is 2.13. The van der Waals surface area contributed by atoms with Gasteiger partial charge in [0.1, 0.15) is 0 Å². The fourth-order valence-corrected chi connectivity index (χ4v) is 2.84. The Kier molecular flexibility index (Phi) is 4.82. The molecule has 1 aliphatic rings. The van der Waals surface area contributed by atoms with Crippen molar-refractivity contribution in [2.45, 2.75) is 12.5 Å². The van der Waals surface area contributed by atoms with Crippen molar-refractivity contribution in [3.63, 3.8) is 0 Å². The first kappa shape index (κ1) is 14.3. The van der Waals surface area contributed by atoms with Crippen LogP contribution in [-0.4, -0.2) is 50.7 Å². The summed E-state index contributed by atoms with van der Waals surface area (Å²) in [5.74, 6) is -0.153. The van der Waals surface area contributed by atoms with Gasteiger partial charge < -0.3 is 14.5 Å². The van der Waals surface area contributed by atoms with E-state index in [9.17, 15) is 4.79 Å². The van der Waals surface area contributed by atoms with Crippen LogP contribution in [-0.2, 0) is 9.53 Å². The number of hydrogen-bond donors (Lipinski definition) is 0. The van der Waals surface area contributed by atoms with E-state index in [0.717, 1.165) is 29.8 Å². The monoisotopic (exact) mass is 326 g/mol. The van der Waals surface area contributed by atoms with Crippen LogP contribution < -0.4 is 4.90 Å². The fraction of sp³-hybridized carbons (Fsp3) is 0.500. The maximum absolute atomic E-state index is 11.6. The molecule has 0 N–H and O–H groups in total. The van der Waals surface area contributed by atoms with Gasteiger partial charge in [0.05, 0.1) is 19.6 Å². The molecule has 1 unspecified atom stereocenters. The highest BCUT2D eigenvalue weighted by Gasteiger charge is 2.27. The first-order chi connectivity index (χ1) is 9.10. The Morgan fingerprint density at radius 1 is 1.47 bits per heavy atom. The minimum Gasteiger partial charge on any atom is -0.469 e. The predicted molar refractivity (Wildman–Crippen MR) is 79.4 cm³/mol. The molecule has 1 heterocycles. The number of carbonyl (C=O) groups is 1. The smallest absolute Gasteiger partial charge is 0.307 e. The normalized spacial score (nSPS) is 20.4. The minimum atomic E-state index is -0.153. The summed E-state index contributed by atoms with van der Waals surface area (Å²) in [5, 5.41) is 0. The molecule has 2 rings (SSSR count). The molecular weight excluding hydrogens is 308 g/mol. The molecule has 104 valence electrons. The second-order valence-corrected chi connectivity index (χ2v) is 5.79.